The molecule has 1 N–H and O–H groups in total. The van der Waals surface area contributed by atoms with E-state index in [1.54, 1.807) is 11.1 Å². The molecular formula is C21H24N2O4. The molecule has 1 aliphatic carbocycles. The maximum absolute atomic E-state index is 12.9. The number of rotatable bonds is 3. The van der Waals surface area contributed by atoms with E-state index >= 15 is 0 Å². The van der Waals surface area contributed by atoms with E-state index < -0.39 is 5.97 Å². The predicted molar refractivity (Wildman–Crippen MR) is 99.3 cm³/mol. The molecule has 2 aliphatic heterocycles. The zero-order valence-electron chi connectivity index (χ0n) is 15.4. The topological polar surface area (TPSA) is 77.9 Å². The molecule has 1 spiro atoms. The first kappa shape index (κ1) is 17.8. The number of carbonyl (C=O) groups excluding carboxylic acids is 2. The fourth-order valence-corrected chi connectivity index (χ4v) is 4.66. The van der Waals surface area contributed by atoms with Crippen LogP contribution in [0.1, 0.15) is 49.8 Å². The van der Waals surface area contributed by atoms with Gasteiger partial charge in [-0.3, -0.25) is 14.4 Å². The van der Waals surface area contributed by atoms with Crippen LogP contribution in [0.4, 0.5) is 0 Å². The number of benzene rings is 1. The summed E-state index contributed by atoms with van der Waals surface area (Å²) in [5, 5.41) is 9.21. The van der Waals surface area contributed by atoms with E-state index in [9.17, 15) is 19.5 Å². The average molecular weight is 368 g/mol. The number of nitrogens with zero attached hydrogens (tertiary/aromatic N) is 2. The quantitative estimate of drug-likeness (QED) is 0.890. The number of likely N-dealkylation sites (tertiary alicyclic amines) is 1. The van der Waals surface area contributed by atoms with Crippen LogP contribution in [0.5, 0.6) is 0 Å². The number of hydrogen-bond donors (Lipinski definition) is 1. The monoisotopic (exact) mass is 368 g/mol. The standard InChI is InChI=1S/C21H24N2O4/c1-14(24)23-9-6-15-4-2-3-5-16(15)18(23)12-19(25)22-10-7-21(8-11-22)13-17(21)20(26)27/h2-6,9,17-18H,7-8,10-13H2,1H3,(H,26,27). The molecule has 0 aromatic heterocycles. The third-order valence-corrected chi connectivity index (χ3v) is 6.44. The SMILES string of the molecule is CC(=O)N1C=Cc2ccccc2C1CC(=O)N1CCC2(CC1)CC2C(=O)O. The molecule has 0 radical (unpaired) electrons. The van der Waals surface area contributed by atoms with Crippen molar-refractivity contribution in [1.82, 2.24) is 9.80 Å². The molecule has 2 heterocycles. The summed E-state index contributed by atoms with van der Waals surface area (Å²) in [6, 6.07) is 7.55. The van der Waals surface area contributed by atoms with Gasteiger partial charge in [0.2, 0.25) is 11.8 Å². The van der Waals surface area contributed by atoms with E-state index in [2.05, 4.69) is 0 Å². The second-order valence-electron chi connectivity index (χ2n) is 7.93. The summed E-state index contributed by atoms with van der Waals surface area (Å²) < 4.78 is 0. The molecule has 6 nitrogen and oxygen atoms in total. The first-order valence-electron chi connectivity index (χ1n) is 9.48. The Bertz CT molecular complexity index is 823. The van der Waals surface area contributed by atoms with Gasteiger partial charge < -0.3 is 14.9 Å². The third kappa shape index (κ3) is 3.13. The molecule has 6 heteroatoms. The fraction of sp³-hybridized carbons (Fsp3) is 0.476. The van der Waals surface area contributed by atoms with Crippen LogP contribution < -0.4 is 0 Å². The van der Waals surface area contributed by atoms with Crippen LogP contribution in [0.2, 0.25) is 0 Å². The Morgan fingerprint density at radius 3 is 2.52 bits per heavy atom. The predicted octanol–water partition coefficient (Wildman–Crippen LogP) is 2.66. The van der Waals surface area contributed by atoms with Gasteiger partial charge in [0.05, 0.1) is 18.4 Å². The molecule has 1 aromatic rings. The van der Waals surface area contributed by atoms with Gasteiger partial charge in [-0.1, -0.05) is 24.3 Å². The minimum Gasteiger partial charge on any atom is -0.481 e. The fourth-order valence-electron chi connectivity index (χ4n) is 4.66. The van der Waals surface area contributed by atoms with Crippen LogP contribution in [-0.4, -0.2) is 45.8 Å². The molecular weight excluding hydrogens is 344 g/mol. The van der Waals surface area contributed by atoms with Crippen LogP contribution in [0, 0.1) is 11.3 Å². The van der Waals surface area contributed by atoms with Crippen molar-refractivity contribution in [2.45, 2.75) is 38.6 Å². The minimum atomic E-state index is -0.711. The zero-order valence-corrected chi connectivity index (χ0v) is 15.4. The van der Waals surface area contributed by atoms with Crippen molar-refractivity contribution in [2.75, 3.05) is 13.1 Å². The number of piperidine rings is 1. The molecule has 3 aliphatic rings. The minimum absolute atomic E-state index is 0.0266. The molecule has 2 fully saturated rings. The Balaban J connectivity index is 1.45. The summed E-state index contributed by atoms with van der Waals surface area (Å²) in [5.74, 6) is -1.01. The van der Waals surface area contributed by atoms with E-state index in [4.69, 9.17) is 0 Å². The maximum atomic E-state index is 12.9. The summed E-state index contributed by atoms with van der Waals surface area (Å²) in [4.78, 5) is 39.7. The highest BCUT2D eigenvalue weighted by molar-refractivity contribution is 5.82. The van der Waals surface area contributed by atoms with Crippen LogP contribution in [0.25, 0.3) is 6.08 Å². The molecule has 142 valence electrons. The molecule has 4 rings (SSSR count). The van der Waals surface area contributed by atoms with Crippen molar-refractivity contribution in [3.05, 3.63) is 41.6 Å². The second-order valence-corrected chi connectivity index (χ2v) is 7.93. The lowest BCUT2D eigenvalue weighted by Gasteiger charge is -2.36. The summed E-state index contributed by atoms with van der Waals surface area (Å²) >= 11 is 0. The molecule has 27 heavy (non-hydrogen) atoms. The number of carboxylic acid groups (broad SMARTS) is 1. The Kier molecular flexibility index (Phi) is 4.29. The summed E-state index contributed by atoms with van der Waals surface area (Å²) in [7, 11) is 0. The molecule has 2 atom stereocenters. The van der Waals surface area contributed by atoms with E-state index in [1.165, 1.54) is 6.92 Å². The Morgan fingerprint density at radius 1 is 1.19 bits per heavy atom. The Morgan fingerprint density at radius 2 is 1.89 bits per heavy atom. The summed E-state index contributed by atoms with van der Waals surface area (Å²) in [5.41, 5.74) is 1.94. The highest BCUT2D eigenvalue weighted by Crippen LogP contribution is 2.59. The summed E-state index contributed by atoms with van der Waals surface area (Å²) in [6.45, 7) is 2.72. The first-order valence-corrected chi connectivity index (χ1v) is 9.48. The van der Waals surface area contributed by atoms with Gasteiger partial charge in [0.1, 0.15) is 0 Å². The lowest BCUT2D eigenvalue weighted by atomic mass is 9.89. The number of amides is 2. The average Bonchev–Trinajstić information content (AvgIpc) is 3.36. The number of fused-ring (bicyclic) bond motifs is 1. The van der Waals surface area contributed by atoms with Crippen molar-refractivity contribution < 1.29 is 19.5 Å². The van der Waals surface area contributed by atoms with Crippen LogP contribution >= 0.6 is 0 Å². The van der Waals surface area contributed by atoms with Gasteiger partial charge in [0, 0.05) is 26.2 Å². The van der Waals surface area contributed by atoms with Crippen molar-refractivity contribution in [3.63, 3.8) is 0 Å². The third-order valence-electron chi connectivity index (χ3n) is 6.44. The maximum Gasteiger partial charge on any atom is 0.307 e. The van der Waals surface area contributed by atoms with Crippen LogP contribution in [-0.2, 0) is 14.4 Å². The zero-order chi connectivity index (χ0) is 19.2. The molecule has 2 amide bonds. The van der Waals surface area contributed by atoms with Crippen LogP contribution in [0.15, 0.2) is 30.5 Å². The van der Waals surface area contributed by atoms with E-state index in [0.717, 1.165) is 30.4 Å². The van der Waals surface area contributed by atoms with E-state index in [1.807, 2.05) is 35.2 Å². The number of aliphatic carboxylic acids is 1. The molecule has 1 aromatic carbocycles. The van der Waals surface area contributed by atoms with Crippen molar-refractivity contribution in [2.24, 2.45) is 11.3 Å². The van der Waals surface area contributed by atoms with Gasteiger partial charge in [-0.2, -0.15) is 0 Å². The van der Waals surface area contributed by atoms with Gasteiger partial charge in [-0.25, -0.2) is 0 Å². The number of carbonyl (C=O) groups is 3. The van der Waals surface area contributed by atoms with Gasteiger partial charge in [-0.15, -0.1) is 0 Å². The van der Waals surface area contributed by atoms with Gasteiger partial charge >= 0.3 is 5.97 Å². The number of carboxylic acids is 1. The van der Waals surface area contributed by atoms with Crippen LogP contribution in [0.3, 0.4) is 0 Å². The lowest BCUT2D eigenvalue weighted by Crippen LogP contribution is -2.42. The highest BCUT2D eigenvalue weighted by Gasteiger charge is 2.59. The normalized spacial score (nSPS) is 25.2. The second kappa shape index (κ2) is 6.51. The van der Waals surface area contributed by atoms with Gasteiger partial charge in [0.25, 0.3) is 0 Å². The Hall–Kier alpha value is -2.63. The highest BCUT2D eigenvalue weighted by atomic mass is 16.4. The first-order chi connectivity index (χ1) is 12.9. The van der Waals surface area contributed by atoms with Crippen molar-refractivity contribution in [3.8, 4) is 0 Å². The van der Waals surface area contributed by atoms with Crippen molar-refractivity contribution >= 4 is 23.9 Å². The van der Waals surface area contributed by atoms with E-state index in [0.29, 0.717) is 13.1 Å². The van der Waals surface area contributed by atoms with Crippen molar-refractivity contribution in [1.29, 1.82) is 0 Å². The molecule has 2 unspecified atom stereocenters. The lowest BCUT2D eigenvalue weighted by molar-refractivity contribution is -0.140. The molecule has 1 saturated carbocycles. The smallest absolute Gasteiger partial charge is 0.307 e. The molecule has 0 bridgehead atoms. The Labute approximate surface area is 158 Å². The number of hydrogen-bond acceptors (Lipinski definition) is 3. The van der Waals surface area contributed by atoms with Gasteiger partial charge in [-0.05, 0) is 41.9 Å². The van der Waals surface area contributed by atoms with Gasteiger partial charge in [0.15, 0.2) is 0 Å². The largest absolute Gasteiger partial charge is 0.481 e. The van der Waals surface area contributed by atoms with E-state index in [-0.39, 0.29) is 35.6 Å². The summed E-state index contributed by atoms with van der Waals surface area (Å²) in [6.07, 6.45) is 6.16. The molecule has 1 saturated heterocycles.